The Balaban J connectivity index is 1.55. The average Bonchev–Trinajstić information content (AvgIpc) is 2.99. The molecule has 0 fully saturated rings. The maximum atomic E-state index is 12.5. The van der Waals surface area contributed by atoms with Gasteiger partial charge >= 0.3 is 5.97 Å². The zero-order valence-corrected chi connectivity index (χ0v) is 15.6. The molecule has 0 amide bonds. The van der Waals surface area contributed by atoms with Gasteiger partial charge in [-0.15, -0.1) is 0 Å². The summed E-state index contributed by atoms with van der Waals surface area (Å²) in [6, 6.07) is 21.0. The molecule has 1 aliphatic rings. The SMILES string of the molecule is O=C(Oc1ccc2c(c1)OC(=Cc1ccc(Br)cc1)C2=O)c1ccccc1. The lowest BCUT2D eigenvalue weighted by Crippen LogP contribution is -2.08. The monoisotopic (exact) mass is 420 g/mol. The Morgan fingerprint density at radius 1 is 0.963 bits per heavy atom. The predicted molar refractivity (Wildman–Crippen MR) is 105 cm³/mol. The van der Waals surface area contributed by atoms with Crippen LogP contribution in [0.1, 0.15) is 26.3 Å². The molecule has 4 rings (SSSR count). The highest BCUT2D eigenvalue weighted by molar-refractivity contribution is 9.10. The number of halogens is 1. The number of fused-ring (bicyclic) bond motifs is 1. The Labute approximate surface area is 164 Å². The first kappa shape index (κ1) is 17.2. The van der Waals surface area contributed by atoms with E-state index in [9.17, 15) is 9.59 Å². The van der Waals surface area contributed by atoms with E-state index in [1.54, 1.807) is 48.5 Å². The van der Waals surface area contributed by atoms with Gasteiger partial charge in [-0.05, 0) is 48.0 Å². The molecule has 1 heterocycles. The van der Waals surface area contributed by atoms with Crippen molar-refractivity contribution in [1.82, 2.24) is 0 Å². The van der Waals surface area contributed by atoms with Gasteiger partial charge in [-0.2, -0.15) is 0 Å². The van der Waals surface area contributed by atoms with E-state index < -0.39 is 5.97 Å². The molecule has 0 saturated carbocycles. The molecule has 0 spiro atoms. The number of esters is 1. The Kier molecular flexibility index (Phi) is 4.60. The molecular formula is C22H13BrO4. The van der Waals surface area contributed by atoms with Crippen LogP contribution in [0.15, 0.2) is 83.0 Å². The van der Waals surface area contributed by atoms with Gasteiger partial charge in [0.2, 0.25) is 5.78 Å². The van der Waals surface area contributed by atoms with Crippen LogP contribution in [0.4, 0.5) is 0 Å². The Morgan fingerprint density at radius 2 is 1.70 bits per heavy atom. The molecule has 0 unspecified atom stereocenters. The fourth-order valence-electron chi connectivity index (χ4n) is 2.68. The second-order valence-electron chi connectivity index (χ2n) is 5.90. The van der Waals surface area contributed by atoms with Crippen LogP contribution in [0.2, 0.25) is 0 Å². The van der Waals surface area contributed by atoms with Gasteiger partial charge in [-0.1, -0.05) is 46.3 Å². The van der Waals surface area contributed by atoms with Gasteiger partial charge in [-0.25, -0.2) is 4.79 Å². The van der Waals surface area contributed by atoms with Crippen LogP contribution in [0.5, 0.6) is 11.5 Å². The summed E-state index contributed by atoms with van der Waals surface area (Å²) in [5.41, 5.74) is 1.74. The Bertz CT molecular complexity index is 1050. The molecule has 0 aromatic heterocycles. The van der Waals surface area contributed by atoms with E-state index in [1.165, 1.54) is 0 Å². The van der Waals surface area contributed by atoms with Crippen molar-refractivity contribution in [2.45, 2.75) is 0 Å². The van der Waals surface area contributed by atoms with Gasteiger partial charge in [0.05, 0.1) is 11.1 Å². The molecule has 0 radical (unpaired) electrons. The standard InChI is InChI=1S/C22H13BrO4/c23-16-8-6-14(7-9-16)12-20-21(24)18-11-10-17(13-19(18)27-20)26-22(25)15-4-2-1-3-5-15/h1-13H. The van der Waals surface area contributed by atoms with Gasteiger partial charge in [0.1, 0.15) is 11.5 Å². The quantitative estimate of drug-likeness (QED) is 0.328. The van der Waals surface area contributed by atoms with Crippen LogP contribution in [-0.4, -0.2) is 11.8 Å². The smallest absolute Gasteiger partial charge is 0.343 e. The summed E-state index contributed by atoms with van der Waals surface area (Å²) in [5.74, 6) is 0.264. The highest BCUT2D eigenvalue weighted by atomic mass is 79.9. The molecular weight excluding hydrogens is 408 g/mol. The van der Waals surface area contributed by atoms with E-state index in [1.807, 2.05) is 30.3 Å². The summed E-state index contributed by atoms with van der Waals surface area (Å²) in [6.45, 7) is 0. The fraction of sp³-hybridized carbons (Fsp3) is 0. The summed E-state index contributed by atoms with van der Waals surface area (Å²) in [5, 5.41) is 0. The predicted octanol–water partition coefficient (Wildman–Crippen LogP) is 5.28. The van der Waals surface area contributed by atoms with Crippen molar-refractivity contribution in [3.05, 3.63) is 99.7 Å². The number of allylic oxidation sites excluding steroid dienone is 1. The first-order valence-corrected chi connectivity index (χ1v) is 9.00. The van der Waals surface area contributed by atoms with Gasteiger partial charge in [0, 0.05) is 10.5 Å². The minimum atomic E-state index is -0.467. The van der Waals surface area contributed by atoms with Crippen LogP contribution >= 0.6 is 15.9 Å². The lowest BCUT2D eigenvalue weighted by molar-refractivity contribution is 0.0734. The molecule has 0 bridgehead atoms. The topological polar surface area (TPSA) is 52.6 Å². The van der Waals surface area contributed by atoms with Crippen molar-refractivity contribution in [1.29, 1.82) is 0 Å². The number of Topliss-reactive ketones (excluding diaryl/α,β-unsaturated/α-hetero) is 1. The van der Waals surface area contributed by atoms with Crippen LogP contribution < -0.4 is 9.47 Å². The summed E-state index contributed by atoms with van der Waals surface area (Å²) in [6.07, 6.45) is 1.68. The van der Waals surface area contributed by atoms with Gasteiger partial charge in [0.25, 0.3) is 0 Å². The molecule has 4 nitrogen and oxygen atoms in total. The minimum Gasteiger partial charge on any atom is -0.452 e. The van der Waals surface area contributed by atoms with Gasteiger partial charge in [-0.3, -0.25) is 4.79 Å². The van der Waals surface area contributed by atoms with E-state index in [4.69, 9.17) is 9.47 Å². The Morgan fingerprint density at radius 3 is 2.44 bits per heavy atom. The molecule has 0 aliphatic carbocycles. The van der Waals surface area contributed by atoms with Crippen molar-refractivity contribution in [3.63, 3.8) is 0 Å². The van der Waals surface area contributed by atoms with E-state index in [0.29, 0.717) is 22.6 Å². The lowest BCUT2D eigenvalue weighted by Gasteiger charge is -2.05. The van der Waals surface area contributed by atoms with Crippen LogP contribution in [0.25, 0.3) is 6.08 Å². The van der Waals surface area contributed by atoms with Crippen molar-refractivity contribution < 1.29 is 19.1 Å². The second-order valence-corrected chi connectivity index (χ2v) is 6.82. The van der Waals surface area contributed by atoms with Crippen LogP contribution in [-0.2, 0) is 0 Å². The van der Waals surface area contributed by atoms with E-state index in [0.717, 1.165) is 10.0 Å². The lowest BCUT2D eigenvalue weighted by atomic mass is 10.1. The van der Waals surface area contributed by atoms with Gasteiger partial charge < -0.3 is 9.47 Å². The number of benzene rings is 3. The van der Waals surface area contributed by atoms with E-state index in [-0.39, 0.29) is 11.5 Å². The molecule has 27 heavy (non-hydrogen) atoms. The third kappa shape index (κ3) is 3.68. The first-order valence-electron chi connectivity index (χ1n) is 8.21. The number of hydrogen-bond donors (Lipinski definition) is 0. The number of rotatable bonds is 3. The molecule has 0 N–H and O–H groups in total. The van der Waals surface area contributed by atoms with Crippen LogP contribution in [0.3, 0.4) is 0 Å². The number of carbonyl (C=O) groups is 2. The summed E-state index contributed by atoms with van der Waals surface area (Å²) >= 11 is 3.38. The molecule has 5 heteroatoms. The number of hydrogen-bond acceptors (Lipinski definition) is 4. The fourth-order valence-corrected chi connectivity index (χ4v) is 2.95. The molecule has 3 aromatic carbocycles. The van der Waals surface area contributed by atoms with Crippen LogP contribution in [0, 0.1) is 0 Å². The van der Waals surface area contributed by atoms with E-state index in [2.05, 4.69) is 15.9 Å². The van der Waals surface area contributed by atoms with Crippen molar-refractivity contribution in [2.75, 3.05) is 0 Å². The molecule has 3 aromatic rings. The van der Waals surface area contributed by atoms with Crippen molar-refractivity contribution >= 4 is 33.8 Å². The molecule has 132 valence electrons. The number of carbonyl (C=O) groups excluding carboxylic acids is 2. The molecule has 1 aliphatic heterocycles. The number of ether oxygens (including phenoxy) is 2. The first-order chi connectivity index (χ1) is 13.1. The van der Waals surface area contributed by atoms with Crippen molar-refractivity contribution in [3.8, 4) is 11.5 Å². The number of ketones is 1. The molecule has 0 saturated heterocycles. The van der Waals surface area contributed by atoms with Crippen molar-refractivity contribution in [2.24, 2.45) is 0 Å². The summed E-state index contributed by atoms with van der Waals surface area (Å²) < 4.78 is 12.0. The maximum Gasteiger partial charge on any atom is 0.343 e. The average molecular weight is 421 g/mol. The normalized spacial score (nSPS) is 14.0. The highest BCUT2D eigenvalue weighted by Gasteiger charge is 2.28. The zero-order valence-electron chi connectivity index (χ0n) is 14.0. The second kappa shape index (κ2) is 7.21. The highest BCUT2D eigenvalue weighted by Crippen LogP contribution is 2.35. The largest absolute Gasteiger partial charge is 0.452 e. The third-order valence-electron chi connectivity index (χ3n) is 4.03. The molecule has 0 atom stereocenters. The third-order valence-corrected chi connectivity index (χ3v) is 4.56. The summed E-state index contributed by atoms with van der Waals surface area (Å²) in [4.78, 5) is 24.7. The zero-order chi connectivity index (χ0) is 18.8. The van der Waals surface area contributed by atoms with Gasteiger partial charge in [0.15, 0.2) is 5.76 Å². The minimum absolute atomic E-state index is 0.200. The summed E-state index contributed by atoms with van der Waals surface area (Å²) in [7, 11) is 0. The Hall–Kier alpha value is -3.18. The van der Waals surface area contributed by atoms with E-state index >= 15 is 0 Å². The maximum absolute atomic E-state index is 12.5.